The summed E-state index contributed by atoms with van der Waals surface area (Å²) in [7, 11) is 0. The summed E-state index contributed by atoms with van der Waals surface area (Å²) in [6.07, 6.45) is 0. The minimum absolute atomic E-state index is 0.396. The number of carbonyl (C=O) groups is 2. The van der Waals surface area contributed by atoms with Crippen LogP contribution in [-0.2, 0) is 4.79 Å². The highest BCUT2D eigenvalue weighted by atomic mass is 32.1. The van der Waals surface area contributed by atoms with Gasteiger partial charge in [-0.05, 0) is 11.4 Å². The molecule has 1 aromatic rings. The van der Waals surface area contributed by atoms with Crippen LogP contribution in [0.25, 0.3) is 0 Å². The molecule has 0 unspecified atom stereocenters. The molecule has 1 rings (SSSR count). The first-order valence-electron chi connectivity index (χ1n) is 2.59. The van der Waals surface area contributed by atoms with Crippen LogP contribution < -0.4 is 5.73 Å². The lowest BCUT2D eigenvalue weighted by molar-refractivity contribution is -0.114. The summed E-state index contributed by atoms with van der Waals surface area (Å²) >= 11 is 1.21. The van der Waals surface area contributed by atoms with E-state index in [4.69, 9.17) is 5.73 Å². The number of hydrogen-bond donors (Lipinski definition) is 1. The number of amides is 1. The summed E-state index contributed by atoms with van der Waals surface area (Å²) in [6, 6.07) is 3.26. The first kappa shape index (κ1) is 6.95. The van der Waals surface area contributed by atoms with Gasteiger partial charge in [-0.2, -0.15) is 0 Å². The molecule has 2 N–H and O–H groups in total. The average molecular weight is 155 g/mol. The van der Waals surface area contributed by atoms with Crippen LogP contribution in [0.2, 0.25) is 0 Å². The Morgan fingerprint density at radius 1 is 1.50 bits per heavy atom. The Balaban J connectivity index is 2.88. The van der Waals surface area contributed by atoms with Gasteiger partial charge in [-0.25, -0.2) is 0 Å². The zero-order valence-electron chi connectivity index (χ0n) is 5.03. The second kappa shape index (κ2) is 2.62. The molecular weight excluding hydrogens is 150 g/mol. The predicted molar refractivity (Wildman–Crippen MR) is 37.8 cm³/mol. The molecule has 0 aromatic carbocycles. The lowest BCUT2D eigenvalue weighted by Crippen LogP contribution is -2.21. The van der Waals surface area contributed by atoms with Crippen molar-refractivity contribution < 1.29 is 9.59 Å². The molecule has 10 heavy (non-hydrogen) atoms. The second-order valence-electron chi connectivity index (χ2n) is 1.67. The van der Waals surface area contributed by atoms with Gasteiger partial charge in [-0.1, -0.05) is 6.07 Å². The highest BCUT2D eigenvalue weighted by molar-refractivity contribution is 7.12. The van der Waals surface area contributed by atoms with Gasteiger partial charge >= 0.3 is 0 Å². The molecule has 4 heteroatoms. The minimum Gasteiger partial charge on any atom is -0.363 e. The SMILES string of the molecule is NC(=O)C(=O)c1cccs1. The number of rotatable bonds is 2. The number of nitrogens with two attached hydrogens (primary N) is 1. The van der Waals surface area contributed by atoms with Gasteiger partial charge in [0.25, 0.3) is 11.7 Å². The van der Waals surface area contributed by atoms with Crippen LogP contribution in [0.3, 0.4) is 0 Å². The minimum atomic E-state index is -0.901. The maximum atomic E-state index is 10.7. The Morgan fingerprint density at radius 3 is 2.60 bits per heavy atom. The van der Waals surface area contributed by atoms with Crippen LogP contribution in [0, 0.1) is 0 Å². The quantitative estimate of drug-likeness (QED) is 0.497. The molecule has 0 aliphatic carbocycles. The third-order valence-corrected chi connectivity index (χ3v) is 1.84. The third kappa shape index (κ3) is 1.22. The number of thiophene rings is 1. The van der Waals surface area contributed by atoms with Crippen molar-refractivity contribution in [2.24, 2.45) is 5.73 Å². The summed E-state index contributed by atoms with van der Waals surface area (Å²) in [4.78, 5) is 21.4. The smallest absolute Gasteiger partial charge is 0.290 e. The lowest BCUT2D eigenvalue weighted by atomic mass is 10.3. The fourth-order valence-electron chi connectivity index (χ4n) is 0.529. The van der Waals surface area contributed by atoms with Crippen molar-refractivity contribution in [3.05, 3.63) is 22.4 Å². The van der Waals surface area contributed by atoms with Crippen molar-refractivity contribution in [1.29, 1.82) is 0 Å². The third-order valence-electron chi connectivity index (χ3n) is 0.969. The lowest BCUT2D eigenvalue weighted by Gasteiger charge is -1.86. The van der Waals surface area contributed by atoms with Crippen molar-refractivity contribution in [2.75, 3.05) is 0 Å². The number of ketones is 1. The maximum Gasteiger partial charge on any atom is 0.290 e. The van der Waals surface area contributed by atoms with Crippen molar-refractivity contribution in [3.63, 3.8) is 0 Å². The van der Waals surface area contributed by atoms with Gasteiger partial charge in [-0.3, -0.25) is 9.59 Å². The van der Waals surface area contributed by atoms with Crippen LogP contribution >= 0.6 is 11.3 Å². The summed E-state index contributed by atoms with van der Waals surface area (Å²) < 4.78 is 0. The Hall–Kier alpha value is -1.16. The monoisotopic (exact) mass is 155 g/mol. The standard InChI is InChI=1S/C6H5NO2S/c7-6(9)5(8)4-2-1-3-10-4/h1-3H,(H2,7,9). The van der Waals surface area contributed by atoms with Crippen LogP contribution in [0.5, 0.6) is 0 Å². The Bertz CT molecular complexity index is 253. The van der Waals surface area contributed by atoms with Crippen molar-refractivity contribution >= 4 is 23.0 Å². The van der Waals surface area contributed by atoms with Gasteiger partial charge in [0.15, 0.2) is 0 Å². The number of primary amides is 1. The van der Waals surface area contributed by atoms with Crippen molar-refractivity contribution in [2.45, 2.75) is 0 Å². The van der Waals surface area contributed by atoms with E-state index in [0.29, 0.717) is 4.88 Å². The molecule has 1 heterocycles. The van der Waals surface area contributed by atoms with E-state index in [1.165, 1.54) is 11.3 Å². The van der Waals surface area contributed by atoms with Gasteiger partial charge < -0.3 is 5.73 Å². The summed E-state index contributed by atoms with van der Waals surface area (Å²) in [5, 5.41) is 1.72. The maximum absolute atomic E-state index is 10.7. The van der Waals surface area contributed by atoms with E-state index in [2.05, 4.69) is 0 Å². The molecule has 0 bridgehead atoms. The van der Waals surface area contributed by atoms with Crippen LogP contribution in [0.15, 0.2) is 17.5 Å². The largest absolute Gasteiger partial charge is 0.363 e. The topological polar surface area (TPSA) is 60.2 Å². The van der Waals surface area contributed by atoms with Gasteiger partial charge in [-0.15, -0.1) is 11.3 Å². The fourth-order valence-corrected chi connectivity index (χ4v) is 1.20. The van der Waals surface area contributed by atoms with Gasteiger partial charge in [0.2, 0.25) is 0 Å². The summed E-state index contributed by atoms with van der Waals surface area (Å²) in [5.74, 6) is -1.52. The first-order valence-corrected chi connectivity index (χ1v) is 3.47. The Kier molecular flexibility index (Phi) is 1.82. The zero-order valence-corrected chi connectivity index (χ0v) is 5.85. The molecule has 1 aromatic heterocycles. The molecule has 0 atom stereocenters. The molecule has 0 fully saturated rings. The van der Waals surface area contributed by atoms with E-state index in [9.17, 15) is 9.59 Å². The fraction of sp³-hybridized carbons (Fsp3) is 0. The van der Waals surface area contributed by atoms with E-state index in [1.54, 1.807) is 17.5 Å². The van der Waals surface area contributed by atoms with Gasteiger partial charge in [0.05, 0.1) is 4.88 Å². The normalized spacial score (nSPS) is 9.20. The molecule has 3 nitrogen and oxygen atoms in total. The number of hydrogen-bond acceptors (Lipinski definition) is 3. The predicted octanol–water partition coefficient (Wildman–Crippen LogP) is 0.416. The number of carbonyl (C=O) groups excluding carboxylic acids is 2. The Morgan fingerprint density at radius 2 is 2.20 bits per heavy atom. The van der Waals surface area contributed by atoms with Crippen LogP contribution in [-0.4, -0.2) is 11.7 Å². The summed E-state index contributed by atoms with van der Waals surface area (Å²) in [6.45, 7) is 0. The molecule has 0 saturated carbocycles. The second-order valence-corrected chi connectivity index (χ2v) is 2.62. The molecule has 0 radical (unpaired) electrons. The van der Waals surface area contributed by atoms with E-state index in [-0.39, 0.29) is 0 Å². The average Bonchev–Trinajstić information content (AvgIpc) is 2.36. The first-order chi connectivity index (χ1) is 4.72. The highest BCUT2D eigenvalue weighted by Crippen LogP contribution is 2.08. The van der Waals surface area contributed by atoms with Crippen molar-refractivity contribution in [3.8, 4) is 0 Å². The van der Waals surface area contributed by atoms with E-state index < -0.39 is 11.7 Å². The molecule has 52 valence electrons. The van der Waals surface area contributed by atoms with E-state index >= 15 is 0 Å². The van der Waals surface area contributed by atoms with Crippen molar-refractivity contribution in [1.82, 2.24) is 0 Å². The highest BCUT2D eigenvalue weighted by Gasteiger charge is 2.11. The van der Waals surface area contributed by atoms with Crippen LogP contribution in [0.1, 0.15) is 9.67 Å². The molecule has 0 saturated heterocycles. The molecular formula is C6H5NO2S. The molecule has 0 aliphatic heterocycles. The number of Topliss-reactive ketones (excluding diaryl/α,β-unsaturated/α-hetero) is 1. The van der Waals surface area contributed by atoms with E-state index in [1.807, 2.05) is 0 Å². The van der Waals surface area contributed by atoms with E-state index in [0.717, 1.165) is 0 Å². The zero-order chi connectivity index (χ0) is 7.56. The van der Waals surface area contributed by atoms with Gasteiger partial charge in [0, 0.05) is 0 Å². The molecule has 1 amide bonds. The molecule has 0 spiro atoms. The van der Waals surface area contributed by atoms with Crippen LogP contribution in [0.4, 0.5) is 0 Å². The Labute approximate surface area is 61.5 Å². The molecule has 0 aliphatic rings. The summed E-state index contributed by atoms with van der Waals surface area (Å²) in [5.41, 5.74) is 4.75. The van der Waals surface area contributed by atoms with Gasteiger partial charge in [0.1, 0.15) is 0 Å².